The van der Waals surface area contributed by atoms with Gasteiger partial charge in [-0.25, -0.2) is 0 Å². The number of hydrogen-bond donors (Lipinski definition) is 2. The predicted octanol–water partition coefficient (Wildman–Crippen LogP) is 2.38. The summed E-state index contributed by atoms with van der Waals surface area (Å²) in [6, 6.07) is 4.58. The van der Waals surface area contributed by atoms with E-state index in [4.69, 9.17) is 5.73 Å². The van der Waals surface area contributed by atoms with Crippen LogP contribution in [0.4, 0.5) is 18.9 Å². The molecule has 0 aromatic heterocycles. The number of carbonyl (C=O) groups is 1. The van der Waals surface area contributed by atoms with Crippen molar-refractivity contribution in [3.8, 4) is 0 Å². The second-order valence-electron chi connectivity index (χ2n) is 4.52. The molecule has 0 aliphatic heterocycles. The highest BCUT2D eigenvalue weighted by Crippen LogP contribution is 2.45. The number of amides is 1. The number of carbonyl (C=O) groups excluding carboxylic acids is 1. The zero-order chi connectivity index (χ0) is 13.4. The van der Waals surface area contributed by atoms with Gasteiger partial charge in [0.2, 0.25) is 5.91 Å². The number of hydrogen-bond acceptors (Lipinski definition) is 2. The molecule has 18 heavy (non-hydrogen) atoms. The molecule has 0 atom stereocenters. The van der Waals surface area contributed by atoms with Crippen LogP contribution in [0.25, 0.3) is 0 Å². The van der Waals surface area contributed by atoms with Gasteiger partial charge in [0.25, 0.3) is 0 Å². The van der Waals surface area contributed by atoms with Crippen LogP contribution < -0.4 is 11.1 Å². The molecule has 98 valence electrons. The van der Waals surface area contributed by atoms with Crippen LogP contribution in [-0.2, 0) is 11.0 Å². The third kappa shape index (κ3) is 2.48. The maximum atomic E-state index is 12.5. The highest BCUT2D eigenvalue weighted by molar-refractivity contribution is 5.97. The molecule has 0 saturated heterocycles. The summed E-state index contributed by atoms with van der Waals surface area (Å²) in [6.07, 6.45) is -3.03. The highest BCUT2D eigenvalue weighted by Gasteiger charge is 2.48. The topological polar surface area (TPSA) is 55.1 Å². The maximum Gasteiger partial charge on any atom is 0.416 e. The second kappa shape index (κ2) is 4.28. The van der Waals surface area contributed by atoms with E-state index in [9.17, 15) is 18.0 Å². The Hall–Kier alpha value is -1.56. The maximum absolute atomic E-state index is 12.5. The zero-order valence-corrected chi connectivity index (χ0v) is 9.55. The quantitative estimate of drug-likeness (QED) is 0.874. The van der Waals surface area contributed by atoms with E-state index < -0.39 is 17.2 Å². The average molecular weight is 258 g/mol. The number of rotatable bonds is 3. The van der Waals surface area contributed by atoms with Crippen molar-refractivity contribution < 1.29 is 18.0 Å². The highest BCUT2D eigenvalue weighted by atomic mass is 19.4. The van der Waals surface area contributed by atoms with Crippen molar-refractivity contribution in [2.75, 3.05) is 11.9 Å². The molecule has 2 rings (SSSR count). The molecule has 3 nitrogen and oxygen atoms in total. The van der Waals surface area contributed by atoms with Crippen molar-refractivity contribution in [1.29, 1.82) is 0 Å². The predicted molar refractivity (Wildman–Crippen MR) is 60.8 cm³/mol. The molecule has 1 fully saturated rings. The molecule has 0 radical (unpaired) electrons. The van der Waals surface area contributed by atoms with Gasteiger partial charge in [0, 0.05) is 12.2 Å². The first-order valence-corrected chi connectivity index (χ1v) is 5.56. The van der Waals surface area contributed by atoms with Crippen LogP contribution in [0.1, 0.15) is 18.4 Å². The second-order valence-corrected chi connectivity index (χ2v) is 4.52. The molecule has 1 aromatic carbocycles. The molecule has 0 spiro atoms. The van der Waals surface area contributed by atoms with Gasteiger partial charge in [-0.15, -0.1) is 0 Å². The van der Waals surface area contributed by atoms with E-state index >= 15 is 0 Å². The Morgan fingerprint density at radius 2 is 2.06 bits per heavy atom. The zero-order valence-electron chi connectivity index (χ0n) is 9.55. The molecule has 1 aliphatic rings. The summed E-state index contributed by atoms with van der Waals surface area (Å²) in [6.45, 7) is 0.220. The number of nitrogens with two attached hydrogens (primary N) is 1. The van der Waals surface area contributed by atoms with Gasteiger partial charge in [0.15, 0.2) is 0 Å². The summed E-state index contributed by atoms with van der Waals surface area (Å²) >= 11 is 0. The number of alkyl halides is 3. The van der Waals surface area contributed by atoms with Gasteiger partial charge in [0.1, 0.15) is 0 Å². The van der Waals surface area contributed by atoms with Gasteiger partial charge in [-0.2, -0.15) is 13.2 Å². The van der Waals surface area contributed by atoms with E-state index in [0.717, 1.165) is 12.1 Å². The van der Waals surface area contributed by atoms with Crippen LogP contribution >= 0.6 is 0 Å². The first-order valence-electron chi connectivity index (χ1n) is 5.56. The van der Waals surface area contributed by atoms with Gasteiger partial charge in [0.05, 0.1) is 11.0 Å². The number of halogens is 3. The fraction of sp³-hybridized carbons (Fsp3) is 0.417. The Morgan fingerprint density at radius 1 is 1.39 bits per heavy atom. The molecule has 1 amide bonds. The number of benzene rings is 1. The minimum absolute atomic E-state index is 0.148. The molecule has 1 aliphatic carbocycles. The largest absolute Gasteiger partial charge is 0.416 e. The molecule has 0 bridgehead atoms. The van der Waals surface area contributed by atoms with Crippen LogP contribution in [0.5, 0.6) is 0 Å². The first-order chi connectivity index (χ1) is 8.37. The van der Waals surface area contributed by atoms with Gasteiger partial charge in [-0.1, -0.05) is 6.07 Å². The number of nitrogens with one attached hydrogen (secondary N) is 1. The minimum Gasteiger partial charge on any atom is -0.329 e. The standard InChI is InChI=1S/C12H13F3N2O/c13-12(14,15)8-2-1-3-9(6-8)17-10(18)11(7-16)4-5-11/h1-3,6H,4-5,7,16H2,(H,17,18). The summed E-state index contributed by atoms with van der Waals surface area (Å²) in [5.41, 5.74) is 4.27. The summed E-state index contributed by atoms with van der Waals surface area (Å²) in [7, 11) is 0. The van der Waals surface area contributed by atoms with Crippen molar-refractivity contribution in [2.45, 2.75) is 19.0 Å². The SMILES string of the molecule is NCC1(C(=O)Nc2cccc(C(F)(F)F)c2)CC1. The van der Waals surface area contributed by atoms with Gasteiger partial charge in [-0.05, 0) is 31.0 Å². The Balaban J connectivity index is 2.13. The number of anilines is 1. The lowest BCUT2D eigenvalue weighted by Crippen LogP contribution is -2.30. The third-order valence-corrected chi connectivity index (χ3v) is 3.17. The van der Waals surface area contributed by atoms with Gasteiger partial charge >= 0.3 is 6.18 Å². The van der Waals surface area contributed by atoms with E-state index in [1.807, 2.05) is 0 Å². The van der Waals surface area contributed by atoms with Crippen LogP contribution in [0.2, 0.25) is 0 Å². The molecule has 0 heterocycles. The lowest BCUT2D eigenvalue weighted by Gasteiger charge is -2.14. The Kier molecular flexibility index (Phi) is 3.06. The van der Waals surface area contributed by atoms with Crippen molar-refractivity contribution >= 4 is 11.6 Å². The summed E-state index contributed by atoms with van der Waals surface area (Å²) in [5.74, 6) is -0.302. The molecular formula is C12H13F3N2O. The smallest absolute Gasteiger partial charge is 0.329 e. The fourth-order valence-corrected chi connectivity index (χ4v) is 1.71. The van der Waals surface area contributed by atoms with Gasteiger partial charge < -0.3 is 11.1 Å². The molecule has 0 unspecified atom stereocenters. The summed E-state index contributed by atoms with van der Waals surface area (Å²) < 4.78 is 37.5. The van der Waals surface area contributed by atoms with E-state index in [1.165, 1.54) is 12.1 Å². The fourth-order valence-electron chi connectivity index (χ4n) is 1.71. The lowest BCUT2D eigenvalue weighted by atomic mass is 10.1. The van der Waals surface area contributed by atoms with Crippen LogP contribution in [0, 0.1) is 5.41 Å². The van der Waals surface area contributed by atoms with E-state index in [1.54, 1.807) is 0 Å². The Bertz CT molecular complexity index is 467. The monoisotopic (exact) mass is 258 g/mol. The van der Waals surface area contributed by atoms with E-state index in [0.29, 0.717) is 12.8 Å². The van der Waals surface area contributed by atoms with Crippen LogP contribution in [0.3, 0.4) is 0 Å². The Morgan fingerprint density at radius 3 is 2.56 bits per heavy atom. The van der Waals surface area contributed by atoms with Crippen LogP contribution in [0.15, 0.2) is 24.3 Å². The normalized spacial score (nSPS) is 17.3. The minimum atomic E-state index is -4.41. The molecule has 1 saturated carbocycles. The third-order valence-electron chi connectivity index (χ3n) is 3.17. The molecule has 3 N–H and O–H groups in total. The van der Waals surface area contributed by atoms with Crippen LogP contribution in [-0.4, -0.2) is 12.5 Å². The summed E-state index contributed by atoms with van der Waals surface area (Å²) in [4.78, 5) is 11.8. The first kappa shape index (κ1) is 12.9. The van der Waals surface area contributed by atoms with Gasteiger partial charge in [-0.3, -0.25) is 4.79 Å². The molecule has 6 heteroatoms. The molecule has 1 aromatic rings. The van der Waals surface area contributed by atoms with Crippen molar-refractivity contribution in [3.05, 3.63) is 29.8 Å². The van der Waals surface area contributed by atoms with E-state index in [2.05, 4.69) is 5.32 Å². The lowest BCUT2D eigenvalue weighted by molar-refractivity contribution is -0.137. The summed E-state index contributed by atoms with van der Waals surface area (Å²) in [5, 5.41) is 2.49. The van der Waals surface area contributed by atoms with Crippen molar-refractivity contribution in [3.63, 3.8) is 0 Å². The molecular weight excluding hydrogens is 245 g/mol. The Labute approximate surface area is 102 Å². The average Bonchev–Trinajstić information content (AvgIpc) is 3.09. The van der Waals surface area contributed by atoms with E-state index in [-0.39, 0.29) is 18.1 Å². The van der Waals surface area contributed by atoms with Crippen molar-refractivity contribution in [2.24, 2.45) is 11.1 Å². The van der Waals surface area contributed by atoms with Crippen molar-refractivity contribution in [1.82, 2.24) is 0 Å².